The summed E-state index contributed by atoms with van der Waals surface area (Å²) < 4.78 is 13.2. The minimum atomic E-state index is -1.38. The van der Waals surface area contributed by atoms with Crippen molar-refractivity contribution < 1.29 is 29.7 Å². The number of aromatic nitrogens is 4. The Labute approximate surface area is 209 Å². The quantitative estimate of drug-likeness (QED) is 0.197. The Morgan fingerprint density at radius 1 is 1.08 bits per heavy atom. The van der Waals surface area contributed by atoms with Crippen molar-refractivity contribution in [1.82, 2.24) is 19.5 Å². The molecule has 0 amide bonds. The third-order valence-corrected chi connectivity index (χ3v) is 6.08. The number of nitrogens with two attached hydrogens (primary N) is 1. The van der Waals surface area contributed by atoms with E-state index in [2.05, 4.69) is 15.0 Å². The average Bonchev–Trinajstić information content (AvgIpc) is 3.41. The van der Waals surface area contributed by atoms with E-state index in [9.17, 15) is 25.4 Å². The smallest absolute Gasteiger partial charge is 0.269 e. The predicted molar refractivity (Wildman–Crippen MR) is 130 cm³/mol. The number of benzene rings is 2. The van der Waals surface area contributed by atoms with Gasteiger partial charge in [-0.15, -0.1) is 0 Å². The van der Waals surface area contributed by atoms with Gasteiger partial charge in [0, 0.05) is 24.1 Å². The highest BCUT2D eigenvalue weighted by molar-refractivity contribution is 5.82. The summed E-state index contributed by atoms with van der Waals surface area (Å²) in [6.45, 7) is -0.376. The van der Waals surface area contributed by atoms with Gasteiger partial charge in [0.15, 0.2) is 17.4 Å². The number of rotatable bonds is 8. The largest absolute Gasteiger partial charge is 0.476 e. The van der Waals surface area contributed by atoms with Crippen LogP contribution < -0.4 is 10.5 Å². The first-order valence-electron chi connectivity index (χ1n) is 11.5. The van der Waals surface area contributed by atoms with Crippen molar-refractivity contribution in [3.63, 3.8) is 0 Å². The maximum absolute atomic E-state index is 11.1. The van der Waals surface area contributed by atoms with Crippen molar-refractivity contribution in [3.05, 3.63) is 70.3 Å². The summed E-state index contributed by atoms with van der Waals surface area (Å²) in [5.74, 6) is 0.315. The van der Waals surface area contributed by atoms with Crippen LogP contribution in [-0.4, -0.2) is 71.3 Å². The fourth-order valence-corrected chi connectivity index (χ4v) is 4.28. The first-order valence-corrected chi connectivity index (χ1v) is 11.5. The van der Waals surface area contributed by atoms with Gasteiger partial charge in [0.05, 0.1) is 18.1 Å². The Morgan fingerprint density at radius 3 is 2.57 bits per heavy atom. The fourth-order valence-electron chi connectivity index (χ4n) is 4.28. The van der Waals surface area contributed by atoms with E-state index in [0.717, 1.165) is 0 Å². The minimum absolute atomic E-state index is 0.0177. The molecule has 37 heavy (non-hydrogen) atoms. The lowest BCUT2D eigenvalue weighted by Gasteiger charge is -2.19. The second-order valence-corrected chi connectivity index (χ2v) is 8.48. The molecule has 2 aromatic carbocycles. The average molecular weight is 508 g/mol. The molecule has 0 saturated carbocycles. The third kappa shape index (κ3) is 4.68. The molecular weight excluding hydrogens is 484 g/mol. The number of non-ortho nitro benzene ring substituents is 1. The third-order valence-electron chi connectivity index (χ3n) is 6.08. The van der Waals surface area contributed by atoms with Crippen molar-refractivity contribution in [1.29, 1.82) is 0 Å². The van der Waals surface area contributed by atoms with Crippen molar-refractivity contribution in [2.24, 2.45) is 0 Å². The monoisotopic (exact) mass is 508 g/mol. The number of anilines is 1. The molecule has 1 fully saturated rings. The van der Waals surface area contributed by atoms with Gasteiger partial charge >= 0.3 is 0 Å². The van der Waals surface area contributed by atoms with Crippen LogP contribution >= 0.6 is 0 Å². The molecule has 1 unspecified atom stereocenters. The second kappa shape index (κ2) is 10.1. The molecule has 4 aromatic rings. The number of fused-ring (bicyclic) bond motifs is 1. The number of nitro groups is 1. The van der Waals surface area contributed by atoms with Crippen LogP contribution in [0.4, 0.5) is 11.6 Å². The maximum atomic E-state index is 11.1. The van der Waals surface area contributed by atoms with E-state index in [1.165, 1.54) is 16.7 Å². The van der Waals surface area contributed by atoms with Crippen molar-refractivity contribution >= 4 is 22.8 Å². The summed E-state index contributed by atoms with van der Waals surface area (Å²) in [4.78, 5) is 23.8. The van der Waals surface area contributed by atoms with E-state index in [-0.39, 0.29) is 35.3 Å². The van der Waals surface area contributed by atoms with Crippen LogP contribution in [-0.2, 0) is 11.2 Å². The summed E-state index contributed by atoms with van der Waals surface area (Å²) in [5, 5.41) is 41.7. The van der Waals surface area contributed by atoms with Gasteiger partial charge in [-0.1, -0.05) is 42.5 Å². The second-order valence-electron chi connectivity index (χ2n) is 8.48. The molecule has 5 N–H and O–H groups in total. The molecule has 0 aliphatic carbocycles. The molecule has 5 rings (SSSR count). The van der Waals surface area contributed by atoms with Crippen LogP contribution in [0.15, 0.2) is 54.6 Å². The van der Waals surface area contributed by atoms with E-state index >= 15 is 0 Å². The highest BCUT2D eigenvalue weighted by Gasteiger charge is 2.45. The summed E-state index contributed by atoms with van der Waals surface area (Å²) in [6.07, 6.45) is -4.49. The number of nitro benzene ring substituents is 1. The summed E-state index contributed by atoms with van der Waals surface area (Å²) >= 11 is 0. The normalized spacial score (nSPS) is 21.4. The Balaban J connectivity index is 1.53. The van der Waals surface area contributed by atoms with Crippen LogP contribution in [0.3, 0.4) is 0 Å². The van der Waals surface area contributed by atoms with Gasteiger partial charge in [0.2, 0.25) is 11.8 Å². The predicted octanol–water partition coefficient (Wildman–Crippen LogP) is 1.22. The number of nitrogen functional groups attached to an aromatic ring is 1. The van der Waals surface area contributed by atoms with Gasteiger partial charge in [0.25, 0.3) is 5.69 Å². The minimum Gasteiger partial charge on any atom is -0.476 e. The van der Waals surface area contributed by atoms with Gasteiger partial charge in [-0.2, -0.15) is 9.97 Å². The summed E-state index contributed by atoms with van der Waals surface area (Å²) in [7, 11) is 0. The molecule has 0 bridgehead atoms. The molecule has 2 aromatic heterocycles. The van der Waals surface area contributed by atoms with Gasteiger partial charge in [-0.25, -0.2) is 4.98 Å². The number of ether oxygens (including phenoxy) is 2. The molecule has 0 spiro atoms. The number of aliphatic hydroxyl groups excluding tert-OH is 3. The molecule has 1 aliphatic rings. The van der Waals surface area contributed by atoms with Gasteiger partial charge in [-0.3, -0.25) is 14.7 Å². The highest BCUT2D eigenvalue weighted by Crippen LogP contribution is 2.37. The molecule has 13 nitrogen and oxygen atoms in total. The molecule has 4 atom stereocenters. The van der Waals surface area contributed by atoms with E-state index in [4.69, 9.17) is 15.2 Å². The van der Waals surface area contributed by atoms with Crippen LogP contribution in [0.5, 0.6) is 5.88 Å². The molecule has 0 radical (unpaired) electrons. The van der Waals surface area contributed by atoms with Crippen molar-refractivity contribution in [2.45, 2.75) is 31.0 Å². The van der Waals surface area contributed by atoms with Crippen LogP contribution in [0, 0.1) is 10.1 Å². The number of nitrogens with zero attached hydrogens (tertiary/aromatic N) is 5. The molecule has 1 saturated heterocycles. The van der Waals surface area contributed by atoms with E-state index < -0.39 is 36.1 Å². The topological polar surface area (TPSA) is 192 Å². The Kier molecular flexibility index (Phi) is 6.67. The zero-order valence-electron chi connectivity index (χ0n) is 19.4. The lowest BCUT2D eigenvalue weighted by atomic mass is 10.1. The number of aliphatic hydroxyl groups is 3. The number of imidazole rings is 1. The highest BCUT2D eigenvalue weighted by atomic mass is 16.6. The number of hydrogen-bond donors (Lipinski definition) is 4. The zero-order chi connectivity index (χ0) is 26.1. The Morgan fingerprint density at radius 2 is 1.86 bits per heavy atom. The van der Waals surface area contributed by atoms with E-state index in [1.807, 2.05) is 18.2 Å². The summed E-state index contributed by atoms with van der Waals surface area (Å²) in [6, 6.07) is 15.3. The van der Waals surface area contributed by atoms with Gasteiger partial charge in [0.1, 0.15) is 24.1 Å². The molecular formula is C24H24N6O7. The SMILES string of the molecule is Nc1nc(OCCc2cccc([N+](=O)[O-])c2)c2nc(-c3ccccc3)n(C3O[C@H](CO)[C@@H](O)[C@H]3O)c2n1. The first-order chi connectivity index (χ1) is 17.9. The van der Waals surface area contributed by atoms with Gasteiger partial charge in [-0.05, 0) is 5.56 Å². The van der Waals surface area contributed by atoms with Crippen molar-refractivity contribution in [2.75, 3.05) is 18.9 Å². The van der Waals surface area contributed by atoms with E-state index in [1.54, 1.807) is 24.3 Å². The van der Waals surface area contributed by atoms with E-state index in [0.29, 0.717) is 23.4 Å². The Hall–Kier alpha value is -4.17. The number of hydrogen-bond acceptors (Lipinski definition) is 11. The first kappa shape index (κ1) is 24.5. The molecule has 1 aliphatic heterocycles. The fraction of sp³-hybridized carbons (Fsp3) is 0.292. The molecule has 13 heteroatoms. The van der Waals surface area contributed by atoms with Crippen LogP contribution in [0.1, 0.15) is 11.8 Å². The molecule has 3 heterocycles. The van der Waals surface area contributed by atoms with Crippen LogP contribution in [0.25, 0.3) is 22.6 Å². The van der Waals surface area contributed by atoms with Crippen LogP contribution in [0.2, 0.25) is 0 Å². The van der Waals surface area contributed by atoms with Crippen molar-refractivity contribution in [3.8, 4) is 17.3 Å². The molecule has 192 valence electrons. The lowest BCUT2D eigenvalue weighted by Crippen LogP contribution is -2.33. The maximum Gasteiger partial charge on any atom is 0.269 e. The lowest BCUT2D eigenvalue weighted by molar-refractivity contribution is -0.384. The zero-order valence-corrected chi connectivity index (χ0v) is 19.4. The standard InChI is InChI=1S/C24H24N6O7/c25-24-27-21-17(22(28-24)36-10-9-13-5-4-8-15(11-13)30(34)35)26-20(14-6-2-1-3-7-14)29(21)23-19(33)18(32)16(12-31)37-23/h1-8,11,16,18-19,23,31-33H,9-10,12H2,(H2,25,27,28)/t16-,18-,19-,23?/m1/s1. The Bertz CT molecular complexity index is 1430. The summed E-state index contributed by atoms with van der Waals surface area (Å²) in [5.41, 5.74) is 7.77. The van der Waals surface area contributed by atoms with Gasteiger partial charge < -0.3 is 30.5 Å².